The van der Waals surface area contributed by atoms with Crippen molar-refractivity contribution in [2.75, 3.05) is 33.9 Å². The van der Waals surface area contributed by atoms with Crippen molar-refractivity contribution in [3.8, 4) is 0 Å². The highest BCUT2D eigenvalue weighted by Gasteiger charge is 2.51. The van der Waals surface area contributed by atoms with Gasteiger partial charge < -0.3 is 14.4 Å². The van der Waals surface area contributed by atoms with Crippen LogP contribution in [0.2, 0.25) is 0 Å². The Morgan fingerprint density at radius 3 is 1.29 bits per heavy atom. The minimum absolute atomic E-state index is 0.0108. The van der Waals surface area contributed by atoms with Gasteiger partial charge >= 0.3 is 11.9 Å². The standard InChI is InChI=1S/C46H89NO4/c1-5-7-9-11-13-15-19-26-32-40-50-44(48)35-29-23-17-18-25-31-37-46(38-39-47(3)4)42-43(46)34-28-22-21-24-30-36-45(49)51-41-33-27-20-16-14-12-10-8-6-2/h43H,5-42H2,1-4H3. The minimum Gasteiger partial charge on any atom is -0.466 e. The van der Waals surface area contributed by atoms with Gasteiger partial charge in [0.1, 0.15) is 0 Å². The molecule has 5 heteroatoms. The molecule has 0 N–H and O–H groups in total. The van der Waals surface area contributed by atoms with E-state index in [9.17, 15) is 9.59 Å². The first-order valence-corrected chi connectivity index (χ1v) is 22.9. The minimum atomic E-state index is 0.0108. The first-order chi connectivity index (χ1) is 24.9. The molecule has 2 atom stereocenters. The van der Waals surface area contributed by atoms with Gasteiger partial charge in [0, 0.05) is 12.8 Å². The van der Waals surface area contributed by atoms with Gasteiger partial charge in [-0.05, 0) is 83.3 Å². The Balaban J connectivity index is 1.99. The first kappa shape index (κ1) is 47.9. The molecule has 0 spiro atoms. The lowest BCUT2D eigenvalue weighted by Gasteiger charge is -2.20. The van der Waals surface area contributed by atoms with E-state index in [0.717, 1.165) is 44.4 Å². The summed E-state index contributed by atoms with van der Waals surface area (Å²) in [4.78, 5) is 26.5. The van der Waals surface area contributed by atoms with Crippen LogP contribution in [0.5, 0.6) is 0 Å². The lowest BCUT2D eigenvalue weighted by Crippen LogP contribution is -2.18. The van der Waals surface area contributed by atoms with Crippen LogP contribution in [0.4, 0.5) is 0 Å². The SMILES string of the molecule is CCCCCCCCCCCOC(=O)CCCCCCCCC1(CCN(C)C)CC1CCCCCCCC(=O)OCCCCCCCCCCC. The second-order valence-corrected chi connectivity index (χ2v) is 16.8. The van der Waals surface area contributed by atoms with Crippen molar-refractivity contribution in [2.24, 2.45) is 11.3 Å². The Hall–Kier alpha value is -1.10. The molecule has 0 aromatic rings. The summed E-state index contributed by atoms with van der Waals surface area (Å²) in [5.41, 5.74) is 0.598. The van der Waals surface area contributed by atoms with E-state index in [2.05, 4.69) is 32.8 Å². The lowest BCUT2D eigenvalue weighted by atomic mass is 9.89. The average Bonchev–Trinajstić information content (AvgIpc) is 3.81. The highest BCUT2D eigenvalue weighted by molar-refractivity contribution is 5.69. The Morgan fingerprint density at radius 2 is 0.863 bits per heavy atom. The number of esters is 2. The van der Waals surface area contributed by atoms with Crippen LogP contribution in [0.15, 0.2) is 0 Å². The molecule has 0 bridgehead atoms. The molecule has 0 radical (unpaired) electrons. The van der Waals surface area contributed by atoms with E-state index in [4.69, 9.17) is 9.47 Å². The number of hydrogen-bond acceptors (Lipinski definition) is 5. The Kier molecular flexibility index (Phi) is 32.6. The molecule has 0 amide bonds. The van der Waals surface area contributed by atoms with Crippen molar-refractivity contribution < 1.29 is 19.1 Å². The number of carbonyl (C=O) groups is 2. The van der Waals surface area contributed by atoms with Crippen molar-refractivity contribution in [2.45, 2.75) is 239 Å². The molecule has 0 saturated heterocycles. The molecule has 1 aliphatic carbocycles. The molecular formula is C46H89NO4. The lowest BCUT2D eigenvalue weighted by molar-refractivity contribution is -0.144. The van der Waals surface area contributed by atoms with Gasteiger partial charge in [-0.3, -0.25) is 9.59 Å². The third-order valence-corrected chi connectivity index (χ3v) is 11.7. The zero-order chi connectivity index (χ0) is 37.1. The maximum Gasteiger partial charge on any atom is 0.305 e. The molecule has 51 heavy (non-hydrogen) atoms. The maximum absolute atomic E-state index is 12.1. The van der Waals surface area contributed by atoms with Gasteiger partial charge in [0.2, 0.25) is 0 Å². The van der Waals surface area contributed by atoms with Crippen molar-refractivity contribution >= 4 is 11.9 Å². The first-order valence-electron chi connectivity index (χ1n) is 22.9. The monoisotopic (exact) mass is 720 g/mol. The molecular weight excluding hydrogens is 631 g/mol. The van der Waals surface area contributed by atoms with Gasteiger partial charge in [-0.15, -0.1) is 0 Å². The highest BCUT2D eigenvalue weighted by atomic mass is 16.5. The fourth-order valence-electron chi connectivity index (χ4n) is 8.01. The Morgan fingerprint density at radius 1 is 0.490 bits per heavy atom. The molecule has 0 aliphatic heterocycles. The van der Waals surface area contributed by atoms with Gasteiger partial charge in [-0.25, -0.2) is 0 Å². The molecule has 302 valence electrons. The molecule has 1 saturated carbocycles. The van der Waals surface area contributed by atoms with Gasteiger partial charge in [0.15, 0.2) is 0 Å². The van der Waals surface area contributed by atoms with Gasteiger partial charge in [-0.1, -0.05) is 174 Å². The molecule has 0 aromatic carbocycles. The Labute approximate surface area is 318 Å². The van der Waals surface area contributed by atoms with Crippen LogP contribution in [0, 0.1) is 11.3 Å². The van der Waals surface area contributed by atoms with Crippen LogP contribution in [-0.2, 0) is 19.1 Å². The van der Waals surface area contributed by atoms with Crippen LogP contribution in [0.1, 0.15) is 239 Å². The van der Waals surface area contributed by atoms with Crippen molar-refractivity contribution in [3.05, 3.63) is 0 Å². The maximum atomic E-state index is 12.1. The topological polar surface area (TPSA) is 55.8 Å². The van der Waals surface area contributed by atoms with E-state index < -0.39 is 0 Å². The van der Waals surface area contributed by atoms with E-state index in [-0.39, 0.29) is 11.9 Å². The summed E-state index contributed by atoms with van der Waals surface area (Å²) in [6, 6.07) is 0. The van der Waals surface area contributed by atoms with Crippen LogP contribution >= 0.6 is 0 Å². The molecule has 2 unspecified atom stereocenters. The third-order valence-electron chi connectivity index (χ3n) is 11.7. The summed E-state index contributed by atoms with van der Waals surface area (Å²) >= 11 is 0. The number of unbranched alkanes of at least 4 members (excludes halogenated alkanes) is 25. The quantitative estimate of drug-likeness (QED) is 0.0466. The second-order valence-electron chi connectivity index (χ2n) is 16.8. The van der Waals surface area contributed by atoms with E-state index in [1.807, 2.05) is 0 Å². The Bertz CT molecular complexity index is 785. The molecule has 1 aliphatic rings. The number of carbonyl (C=O) groups excluding carboxylic acids is 2. The summed E-state index contributed by atoms with van der Waals surface area (Å²) in [5, 5.41) is 0. The summed E-state index contributed by atoms with van der Waals surface area (Å²) in [7, 11) is 4.43. The van der Waals surface area contributed by atoms with Crippen molar-refractivity contribution in [1.29, 1.82) is 0 Å². The number of ether oxygens (including phenoxy) is 2. The fraction of sp³-hybridized carbons (Fsp3) is 0.957. The number of nitrogens with zero attached hydrogens (tertiary/aromatic N) is 1. The molecule has 1 fully saturated rings. The zero-order valence-corrected chi connectivity index (χ0v) is 35.0. The van der Waals surface area contributed by atoms with Crippen LogP contribution in [0.25, 0.3) is 0 Å². The van der Waals surface area contributed by atoms with Crippen molar-refractivity contribution in [3.63, 3.8) is 0 Å². The van der Waals surface area contributed by atoms with Gasteiger partial charge in [-0.2, -0.15) is 0 Å². The highest BCUT2D eigenvalue weighted by Crippen LogP contribution is 2.60. The van der Waals surface area contributed by atoms with E-state index in [1.165, 1.54) is 180 Å². The van der Waals surface area contributed by atoms with E-state index >= 15 is 0 Å². The molecule has 0 aromatic heterocycles. The number of rotatable bonds is 40. The zero-order valence-electron chi connectivity index (χ0n) is 35.0. The predicted molar refractivity (Wildman–Crippen MR) is 219 cm³/mol. The largest absolute Gasteiger partial charge is 0.466 e. The van der Waals surface area contributed by atoms with Crippen LogP contribution < -0.4 is 0 Å². The normalized spacial score (nSPS) is 16.9. The van der Waals surface area contributed by atoms with Crippen LogP contribution in [0.3, 0.4) is 0 Å². The smallest absolute Gasteiger partial charge is 0.305 e. The predicted octanol–water partition coefficient (Wildman–Crippen LogP) is 13.9. The average molecular weight is 720 g/mol. The van der Waals surface area contributed by atoms with Crippen molar-refractivity contribution in [1.82, 2.24) is 4.90 Å². The summed E-state index contributed by atoms with van der Waals surface area (Å²) in [6.07, 6.45) is 43.5. The molecule has 1 rings (SSSR count). The van der Waals surface area contributed by atoms with Gasteiger partial charge in [0.05, 0.1) is 13.2 Å². The molecule has 5 nitrogen and oxygen atoms in total. The van der Waals surface area contributed by atoms with E-state index in [1.54, 1.807) is 0 Å². The number of hydrogen-bond donors (Lipinski definition) is 0. The fourth-order valence-corrected chi connectivity index (χ4v) is 8.01. The second kappa shape index (κ2) is 34.7. The van der Waals surface area contributed by atoms with E-state index in [0.29, 0.717) is 31.5 Å². The summed E-state index contributed by atoms with van der Waals surface area (Å²) < 4.78 is 11.0. The molecule has 0 heterocycles. The van der Waals surface area contributed by atoms with Gasteiger partial charge in [0.25, 0.3) is 0 Å². The summed E-state index contributed by atoms with van der Waals surface area (Å²) in [5.74, 6) is 0.949. The summed E-state index contributed by atoms with van der Waals surface area (Å²) in [6.45, 7) is 6.97. The van der Waals surface area contributed by atoms with Crippen LogP contribution in [-0.4, -0.2) is 50.7 Å². The third kappa shape index (κ3) is 30.0.